The number of esters is 1. The third-order valence-electron chi connectivity index (χ3n) is 4.25. The Morgan fingerprint density at radius 1 is 1.07 bits per heavy atom. The van der Waals surface area contributed by atoms with Crippen LogP contribution in [0.5, 0.6) is 0 Å². The van der Waals surface area contributed by atoms with E-state index in [1.807, 2.05) is 54.6 Å². The van der Waals surface area contributed by atoms with Crippen molar-refractivity contribution in [1.29, 1.82) is 0 Å². The molecule has 0 radical (unpaired) electrons. The second kappa shape index (κ2) is 9.54. The van der Waals surface area contributed by atoms with Gasteiger partial charge in [-0.15, -0.1) is 11.3 Å². The van der Waals surface area contributed by atoms with Gasteiger partial charge in [0.2, 0.25) is 5.91 Å². The van der Waals surface area contributed by atoms with E-state index < -0.39 is 23.8 Å². The van der Waals surface area contributed by atoms with Gasteiger partial charge in [0.05, 0.1) is 18.7 Å². The quantitative estimate of drug-likeness (QED) is 0.564. The number of nitrogens with one attached hydrogen (secondary N) is 2. The molecule has 150 valence electrons. The Balaban J connectivity index is 1.61. The number of halogens is 1. The third kappa shape index (κ3) is 5.13. The van der Waals surface area contributed by atoms with Gasteiger partial charge in [-0.1, -0.05) is 60.1 Å². The van der Waals surface area contributed by atoms with Crippen LogP contribution in [0.25, 0.3) is 10.1 Å². The van der Waals surface area contributed by atoms with Crippen LogP contribution in [0.15, 0.2) is 54.6 Å². The van der Waals surface area contributed by atoms with Crippen molar-refractivity contribution in [2.24, 2.45) is 0 Å². The summed E-state index contributed by atoms with van der Waals surface area (Å²) in [6, 6.07) is 15.8. The van der Waals surface area contributed by atoms with Crippen LogP contribution in [0.1, 0.15) is 15.2 Å². The highest BCUT2D eigenvalue weighted by molar-refractivity contribution is 7.21. The molecule has 0 unspecified atom stereocenters. The van der Waals surface area contributed by atoms with Crippen LogP contribution in [0.4, 0.5) is 0 Å². The van der Waals surface area contributed by atoms with Gasteiger partial charge in [-0.25, -0.2) is 4.79 Å². The van der Waals surface area contributed by atoms with E-state index in [9.17, 15) is 14.4 Å². The Labute approximate surface area is 176 Å². The monoisotopic (exact) mass is 430 g/mol. The molecule has 3 rings (SSSR count). The molecule has 1 atom stereocenters. The van der Waals surface area contributed by atoms with Crippen molar-refractivity contribution < 1.29 is 19.1 Å². The molecule has 2 amide bonds. The summed E-state index contributed by atoms with van der Waals surface area (Å²) < 4.78 is 5.66. The maximum atomic E-state index is 12.4. The summed E-state index contributed by atoms with van der Waals surface area (Å²) in [6.45, 7) is -0.286. The van der Waals surface area contributed by atoms with E-state index in [1.54, 1.807) is 0 Å². The molecule has 1 aromatic heterocycles. The van der Waals surface area contributed by atoms with Crippen LogP contribution in [-0.4, -0.2) is 37.5 Å². The predicted molar refractivity (Wildman–Crippen MR) is 113 cm³/mol. The first-order valence-electron chi connectivity index (χ1n) is 8.86. The summed E-state index contributed by atoms with van der Waals surface area (Å²) in [6.07, 6.45) is 0.287. The first kappa shape index (κ1) is 20.8. The fourth-order valence-corrected chi connectivity index (χ4v) is 4.26. The smallest absolute Gasteiger partial charge is 0.328 e. The first-order valence-corrected chi connectivity index (χ1v) is 10.1. The number of carbonyl (C=O) groups is 3. The summed E-state index contributed by atoms with van der Waals surface area (Å²) in [7, 11) is 1.26. The number of amides is 2. The van der Waals surface area contributed by atoms with E-state index >= 15 is 0 Å². The second-order valence-corrected chi connectivity index (χ2v) is 7.69. The zero-order chi connectivity index (χ0) is 20.8. The molecule has 2 N–H and O–H groups in total. The fraction of sp³-hybridized carbons (Fsp3) is 0.190. The lowest BCUT2D eigenvalue weighted by Crippen LogP contribution is -2.47. The number of hydrogen-bond acceptors (Lipinski definition) is 5. The standard InChI is InChI=1S/C21H19ClN2O4S/c1-28-21(27)15(11-13-7-3-2-4-8-13)24-17(25)12-23-20(26)19-18(22)14-9-5-6-10-16(14)29-19/h2-10,15H,11-12H2,1H3,(H,23,26)(H,24,25)/t15-/m1/s1. The van der Waals surface area contributed by atoms with Crippen LogP contribution in [0, 0.1) is 0 Å². The second-order valence-electron chi connectivity index (χ2n) is 6.26. The van der Waals surface area contributed by atoms with Gasteiger partial charge in [-0.2, -0.15) is 0 Å². The normalized spacial score (nSPS) is 11.7. The summed E-state index contributed by atoms with van der Waals surface area (Å²) >= 11 is 7.55. The molecule has 0 aliphatic rings. The van der Waals surface area contributed by atoms with Crippen molar-refractivity contribution >= 4 is 50.8 Å². The molecule has 8 heteroatoms. The van der Waals surface area contributed by atoms with Crippen molar-refractivity contribution in [3.8, 4) is 0 Å². The van der Waals surface area contributed by atoms with E-state index in [1.165, 1.54) is 18.4 Å². The third-order valence-corrected chi connectivity index (χ3v) is 5.93. The predicted octanol–water partition coefficient (Wildman–Crippen LogP) is 3.19. The maximum absolute atomic E-state index is 12.4. The van der Waals surface area contributed by atoms with Crippen molar-refractivity contribution in [2.45, 2.75) is 12.5 Å². The van der Waals surface area contributed by atoms with E-state index in [4.69, 9.17) is 16.3 Å². The molecule has 29 heavy (non-hydrogen) atoms. The number of rotatable bonds is 7. The van der Waals surface area contributed by atoms with Gasteiger partial charge in [0.1, 0.15) is 10.9 Å². The van der Waals surface area contributed by atoms with Crippen LogP contribution in [-0.2, 0) is 20.7 Å². The molecule has 0 aliphatic heterocycles. The van der Waals surface area contributed by atoms with Crippen molar-refractivity contribution in [2.75, 3.05) is 13.7 Å². The minimum atomic E-state index is -0.847. The van der Waals surface area contributed by atoms with Gasteiger partial charge in [0.15, 0.2) is 0 Å². The van der Waals surface area contributed by atoms with Gasteiger partial charge < -0.3 is 15.4 Å². The van der Waals surface area contributed by atoms with Gasteiger partial charge in [0.25, 0.3) is 5.91 Å². The molecule has 0 bridgehead atoms. The summed E-state index contributed by atoms with van der Waals surface area (Å²) in [5, 5.41) is 6.31. The number of fused-ring (bicyclic) bond motifs is 1. The molecule has 1 heterocycles. The summed E-state index contributed by atoms with van der Waals surface area (Å²) in [5.41, 5.74) is 0.879. The summed E-state index contributed by atoms with van der Waals surface area (Å²) in [4.78, 5) is 37.1. The number of ether oxygens (including phenoxy) is 1. The average Bonchev–Trinajstić information content (AvgIpc) is 3.08. The van der Waals surface area contributed by atoms with E-state index in [2.05, 4.69) is 10.6 Å². The number of methoxy groups -OCH3 is 1. The Morgan fingerprint density at radius 2 is 1.76 bits per heavy atom. The number of benzene rings is 2. The van der Waals surface area contributed by atoms with E-state index in [0.717, 1.165) is 15.6 Å². The first-order chi connectivity index (χ1) is 14.0. The molecule has 2 aromatic carbocycles. The molecule has 0 saturated carbocycles. The van der Waals surface area contributed by atoms with E-state index in [0.29, 0.717) is 9.90 Å². The molecule has 0 spiro atoms. The zero-order valence-electron chi connectivity index (χ0n) is 15.6. The highest BCUT2D eigenvalue weighted by Gasteiger charge is 2.23. The number of hydrogen-bond donors (Lipinski definition) is 2. The molecule has 0 fully saturated rings. The highest BCUT2D eigenvalue weighted by Crippen LogP contribution is 2.34. The van der Waals surface area contributed by atoms with Gasteiger partial charge in [-0.05, 0) is 11.6 Å². The van der Waals surface area contributed by atoms with Crippen LogP contribution >= 0.6 is 22.9 Å². The Kier molecular flexibility index (Phi) is 6.85. The van der Waals surface area contributed by atoms with Crippen LogP contribution in [0.2, 0.25) is 5.02 Å². The Hall–Kier alpha value is -2.90. The van der Waals surface area contributed by atoms with Gasteiger partial charge in [0, 0.05) is 16.5 Å². The lowest BCUT2D eigenvalue weighted by Gasteiger charge is -2.16. The molecule has 3 aromatic rings. The fourth-order valence-electron chi connectivity index (χ4n) is 2.83. The van der Waals surface area contributed by atoms with Crippen molar-refractivity contribution in [1.82, 2.24) is 10.6 Å². The minimum absolute atomic E-state index is 0.286. The summed E-state index contributed by atoms with van der Waals surface area (Å²) in [5.74, 6) is -1.49. The molecular weight excluding hydrogens is 412 g/mol. The lowest BCUT2D eigenvalue weighted by atomic mass is 10.1. The molecular formula is C21H19ClN2O4S. The van der Waals surface area contributed by atoms with Crippen LogP contribution in [0.3, 0.4) is 0 Å². The van der Waals surface area contributed by atoms with Gasteiger partial charge in [-0.3, -0.25) is 9.59 Å². The largest absolute Gasteiger partial charge is 0.467 e. The van der Waals surface area contributed by atoms with E-state index in [-0.39, 0.29) is 13.0 Å². The Morgan fingerprint density at radius 3 is 2.45 bits per heavy atom. The minimum Gasteiger partial charge on any atom is -0.467 e. The molecule has 6 nitrogen and oxygen atoms in total. The molecule has 0 saturated heterocycles. The number of thiophene rings is 1. The van der Waals surface area contributed by atoms with Crippen molar-refractivity contribution in [3.05, 3.63) is 70.1 Å². The lowest BCUT2D eigenvalue weighted by molar-refractivity contribution is -0.144. The zero-order valence-corrected chi connectivity index (χ0v) is 17.2. The average molecular weight is 431 g/mol. The topological polar surface area (TPSA) is 84.5 Å². The highest BCUT2D eigenvalue weighted by atomic mass is 35.5. The van der Waals surface area contributed by atoms with Crippen LogP contribution < -0.4 is 10.6 Å². The maximum Gasteiger partial charge on any atom is 0.328 e. The SMILES string of the molecule is COC(=O)[C@@H](Cc1ccccc1)NC(=O)CNC(=O)c1sc2ccccc2c1Cl. The Bertz CT molecular complexity index is 1040. The number of carbonyl (C=O) groups excluding carboxylic acids is 3. The molecule has 0 aliphatic carbocycles. The van der Waals surface area contributed by atoms with Gasteiger partial charge >= 0.3 is 5.97 Å². The van der Waals surface area contributed by atoms with Crippen molar-refractivity contribution in [3.63, 3.8) is 0 Å².